The molecular formula is C28H34ClF2N5O3. The van der Waals surface area contributed by atoms with Gasteiger partial charge in [0.05, 0.1) is 12.0 Å². The molecule has 6 atom stereocenters. The van der Waals surface area contributed by atoms with Crippen LogP contribution < -0.4 is 16.0 Å². The molecule has 2 bridgehead atoms. The van der Waals surface area contributed by atoms with Gasteiger partial charge >= 0.3 is 0 Å². The average molecular weight is 562 g/mol. The molecule has 2 saturated carbocycles. The van der Waals surface area contributed by atoms with Crippen molar-refractivity contribution in [3.05, 3.63) is 29.3 Å². The zero-order chi connectivity index (χ0) is 27.7. The number of halogens is 3. The number of benzene rings is 1. The molecule has 5 fully saturated rings. The van der Waals surface area contributed by atoms with Crippen LogP contribution in [0.5, 0.6) is 0 Å². The lowest BCUT2D eigenvalue weighted by Crippen LogP contribution is -2.70. The van der Waals surface area contributed by atoms with Gasteiger partial charge in [0.2, 0.25) is 17.7 Å². The maximum absolute atomic E-state index is 15.1. The van der Waals surface area contributed by atoms with Crippen LogP contribution >= 0.6 is 11.6 Å². The van der Waals surface area contributed by atoms with Crippen LogP contribution in [-0.4, -0.2) is 59.3 Å². The number of anilines is 1. The zero-order valence-corrected chi connectivity index (χ0v) is 22.4. The molecule has 3 heterocycles. The van der Waals surface area contributed by atoms with Gasteiger partial charge in [-0.1, -0.05) is 30.5 Å². The Labute approximate surface area is 231 Å². The summed E-state index contributed by atoms with van der Waals surface area (Å²) in [5.74, 6) is -5.83. The van der Waals surface area contributed by atoms with E-state index in [1.54, 1.807) is 24.3 Å². The van der Waals surface area contributed by atoms with E-state index in [-0.39, 0.29) is 24.7 Å². The van der Waals surface area contributed by atoms with Gasteiger partial charge in [0.25, 0.3) is 5.92 Å². The molecule has 1 aromatic rings. The summed E-state index contributed by atoms with van der Waals surface area (Å²) in [4.78, 5) is 41.3. The number of hydrogen-bond acceptors (Lipinski definition) is 5. The second-order valence-corrected chi connectivity index (χ2v) is 11.9. The predicted octanol–water partition coefficient (Wildman–Crippen LogP) is 3.86. The smallest absolute Gasteiger partial charge is 0.255 e. The normalized spacial score (nSPS) is 29.1. The third-order valence-electron chi connectivity index (χ3n) is 8.58. The molecule has 1 aromatic carbocycles. The Morgan fingerprint density at radius 3 is 2.67 bits per heavy atom. The minimum Gasteiger partial charge on any atom is -0.374 e. The molecule has 0 radical (unpaired) electrons. The van der Waals surface area contributed by atoms with Gasteiger partial charge in [-0.05, 0) is 62.6 Å². The van der Waals surface area contributed by atoms with E-state index in [0.717, 1.165) is 19.3 Å². The molecule has 8 nitrogen and oxygen atoms in total. The molecule has 2 aliphatic carbocycles. The first kappa shape index (κ1) is 27.6. The van der Waals surface area contributed by atoms with Crippen LogP contribution in [0.2, 0.25) is 5.02 Å². The van der Waals surface area contributed by atoms with Gasteiger partial charge in [-0.25, -0.2) is 8.78 Å². The summed E-state index contributed by atoms with van der Waals surface area (Å²) in [6.45, 7) is 0.571. The van der Waals surface area contributed by atoms with Gasteiger partial charge in [-0.15, -0.1) is 0 Å². The van der Waals surface area contributed by atoms with E-state index in [2.05, 4.69) is 16.0 Å². The number of fused-ring (bicyclic) bond motifs is 3. The minimum absolute atomic E-state index is 0.0971. The minimum atomic E-state index is -3.10. The molecule has 0 aromatic heterocycles. The molecule has 3 aliphatic heterocycles. The second kappa shape index (κ2) is 11.3. The summed E-state index contributed by atoms with van der Waals surface area (Å²) in [6.07, 6.45) is 4.01. The van der Waals surface area contributed by atoms with Crippen LogP contribution in [0.1, 0.15) is 57.8 Å². The van der Waals surface area contributed by atoms with Crippen LogP contribution in [0.4, 0.5) is 14.5 Å². The number of piperidine rings is 3. The number of carbonyl (C=O) groups excluding carboxylic acids is 3. The van der Waals surface area contributed by atoms with Gasteiger partial charge in [0.1, 0.15) is 18.1 Å². The van der Waals surface area contributed by atoms with Crippen LogP contribution in [0.15, 0.2) is 24.3 Å². The van der Waals surface area contributed by atoms with Crippen molar-refractivity contribution in [1.82, 2.24) is 15.5 Å². The van der Waals surface area contributed by atoms with Gasteiger partial charge in [-0.3, -0.25) is 14.4 Å². The number of nitrogens with one attached hydrogen (secondary N) is 3. The highest BCUT2D eigenvalue weighted by Crippen LogP contribution is 2.49. The third kappa shape index (κ3) is 6.13. The number of nitrogens with zero attached hydrogens (tertiary/aromatic N) is 2. The van der Waals surface area contributed by atoms with E-state index in [0.29, 0.717) is 42.4 Å². The molecule has 6 rings (SSSR count). The van der Waals surface area contributed by atoms with Gasteiger partial charge < -0.3 is 20.9 Å². The Morgan fingerprint density at radius 2 is 2.00 bits per heavy atom. The van der Waals surface area contributed by atoms with Gasteiger partial charge in [-0.2, -0.15) is 5.26 Å². The highest BCUT2D eigenvalue weighted by atomic mass is 35.5. The second-order valence-electron chi connectivity index (χ2n) is 11.4. The summed E-state index contributed by atoms with van der Waals surface area (Å²) >= 11 is 6.14. The number of amides is 3. The van der Waals surface area contributed by atoms with E-state index in [9.17, 15) is 19.6 Å². The summed E-state index contributed by atoms with van der Waals surface area (Å²) < 4.78 is 30.3. The number of alkyl halides is 2. The van der Waals surface area contributed by atoms with Crippen LogP contribution in [-0.2, 0) is 14.4 Å². The fraction of sp³-hybridized carbons (Fsp3) is 0.643. The Morgan fingerprint density at radius 1 is 1.21 bits per heavy atom. The predicted molar refractivity (Wildman–Crippen MR) is 141 cm³/mol. The zero-order valence-electron chi connectivity index (χ0n) is 21.7. The molecule has 39 heavy (non-hydrogen) atoms. The third-order valence-corrected chi connectivity index (χ3v) is 8.82. The first-order valence-corrected chi connectivity index (χ1v) is 14.2. The molecule has 3 saturated heterocycles. The lowest BCUT2D eigenvalue weighted by molar-refractivity contribution is -0.194. The van der Waals surface area contributed by atoms with E-state index < -0.39 is 54.3 Å². The Balaban J connectivity index is 1.38. The quantitative estimate of drug-likeness (QED) is 0.424. The van der Waals surface area contributed by atoms with Crippen molar-refractivity contribution in [3.63, 3.8) is 0 Å². The van der Waals surface area contributed by atoms with Gasteiger partial charge in [0.15, 0.2) is 0 Å². The lowest BCUT2D eigenvalue weighted by atomic mass is 9.71. The SMILES string of the molecule is N#C[C@@H](C[C@H]1CCCNC1=O)NC(=O)[C@@H]1[C@@H]2CC[C@@H](CC2(F)F)N1C(=O)[C@@H](CC1CC1)Nc1cccc(Cl)c1. The van der Waals surface area contributed by atoms with Crippen molar-refractivity contribution >= 4 is 35.0 Å². The highest BCUT2D eigenvalue weighted by Gasteiger charge is 2.61. The van der Waals surface area contributed by atoms with Crippen molar-refractivity contribution in [2.75, 3.05) is 11.9 Å². The van der Waals surface area contributed by atoms with Gasteiger partial charge in [0, 0.05) is 35.6 Å². The Hall–Kier alpha value is -2.93. The maximum Gasteiger partial charge on any atom is 0.255 e. The van der Waals surface area contributed by atoms with Crippen LogP contribution in [0.3, 0.4) is 0 Å². The standard InChI is InChI=1S/C28H34ClF2N5O3/c29-18-4-1-5-19(13-18)34-23(11-16-6-7-16)27(39)36-21-8-9-22(28(30,31)14-21)24(36)26(38)35-20(15-32)12-17-3-2-10-33-25(17)37/h1,4-5,13,16-17,20-24,34H,2-3,6-12,14H2,(H,33,37)(H,35,38)/t17-,20-,21+,22+,23-,24+/m1/s1. The molecule has 0 spiro atoms. The summed E-state index contributed by atoms with van der Waals surface area (Å²) in [7, 11) is 0. The molecule has 3 amide bonds. The molecule has 11 heteroatoms. The molecule has 210 valence electrons. The number of carbonyl (C=O) groups is 3. The summed E-state index contributed by atoms with van der Waals surface area (Å²) in [6, 6.07) is 5.10. The highest BCUT2D eigenvalue weighted by molar-refractivity contribution is 6.30. The molecular weight excluding hydrogens is 528 g/mol. The van der Waals surface area contributed by atoms with Crippen molar-refractivity contribution in [1.29, 1.82) is 5.26 Å². The lowest BCUT2D eigenvalue weighted by Gasteiger charge is -2.54. The van der Waals surface area contributed by atoms with Crippen LogP contribution in [0, 0.1) is 29.1 Å². The molecule has 0 unspecified atom stereocenters. The fourth-order valence-electron chi connectivity index (χ4n) is 6.44. The van der Waals surface area contributed by atoms with E-state index in [4.69, 9.17) is 11.6 Å². The van der Waals surface area contributed by atoms with Crippen molar-refractivity contribution < 1.29 is 23.2 Å². The number of nitriles is 1. The largest absolute Gasteiger partial charge is 0.374 e. The van der Waals surface area contributed by atoms with Crippen LogP contribution in [0.25, 0.3) is 0 Å². The number of hydrogen-bond donors (Lipinski definition) is 3. The summed E-state index contributed by atoms with van der Waals surface area (Å²) in [5, 5.41) is 18.9. The van der Waals surface area contributed by atoms with Crippen molar-refractivity contribution in [2.24, 2.45) is 17.8 Å². The Kier molecular flexibility index (Phi) is 7.99. The average Bonchev–Trinajstić information content (AvgIpc) is 3.72. The fourth-order valence-corrected chi connectivity index (χ4v) is 6.63. The molecule has 5 aliphatic rings. The maximum atomic E-state index is 15.1. The van der Waals surface area contributed by atoms with E-state index in [1.165, 1.54) is 4.90 Å². The summed E-state index contributed by atoms with van der Waals surface area (Å²) in [5.41, 5.74) is 0.644. The topological polar surface area (TPSA) is 114 Å². The van der Waals surface area contributed by atoms with Crippen molar-refractivity contribution in [3.8, 4) is 6.07 Å². The first-order valence-electron chi connectivity index (χ1n) is 13.9. The number of rotatable bonds is 9. The molecule has 3 N–H and O–H groups in total. The van der Waals surface area contributed by atoms with E-state index in [1.807, 2.05) is 6.07 Å². The van der Waals surface area contributed by atoms with Crippen molar-refractivity contribution in [2.45, 2.75) is 87.9 Å². The van der Waals surface area contributed by atoms with E-state index >= 15 is 8.78 Å². The first-order chi connectivity index (χ1) is 18.7. The Bertz CT molecular complexity index is 1160. The monoisotopic (exact) mass is 561 g/mol.